The minimum absolute atomic E-state index is 0.863. The van der Waals surface area contributed by atoms with Crippen LogP contribution in [0.25, 0.3) is 0 Å². The standard InChI is InChI=1S/C14H32N2/c1-2-3-10-13-16-14-11-8-6-4-5-7-9-12-15/h16H,2-15H2,1H3. The lowest BCUT2D eigenvalue weighted by Crippen LogP contribution is -2.16. The molecule has 2 heteroatoms. The Kier molecular flexibility index (Phi) is 14.8. The Morgan fingerprint density at radius 1 is 0.688 bits per heavy atom. The quantitative estimate of drug-likeness (QED) is 0.474. The van der Waals surface area contributed by atoms with Crippen molar-refractivity contribution in [3.8, 4) is 0 Å². The molecule has 0 radical (unpaired) electrons. The number of hydrogen-bond acceptors (Lipinski definition) is 2. The number of unbranched alkanes of at least 4 members (excludes halogenated alkanes) is 8. The van der Waals surface area contributed by atoms with E-state index in [0.717, 1.165) is 6.54 Å². The first-order valence-electron chi connectivity index (χ1n) is 7.32. The smallest absolute Gasteiger partial charge is 0.00489 e. The lowest BCUT2D eigenvalue weighted by atomic mass is 10.1. The zero-order valence-corrected chi connectivity index (χ0v) is 11.3. The Balaban J connectivity index is 2.83. The van der Waals surface area contributed by atoms with Crippen molar-refractivity contribution in [2.24, 2.45) is 5.73 Å². The van der Waals surface area contributed by atoms with Gasteiger partial charge in [-0.3, -0.25) is 0 Å². The van der Waals surface area contributed by atoms with E-state index in [9.17, 15) is 0 Å². The minimum Gasteiger partial charge on any atom is -0.330 e. The molecular weight excluding hydrogens is 196 g/mol. The molecule has 0 aromatic heterocycles. The lowest BCUT2D eigenvalue weighted by Gasteiger charge is -2.04. The molecule has 0 unspecified atom stereocenters. The second kappa shape index (κ2) is 14.9. The van der Waals surface area contributed by atoms with Gasteiger partial charge in [-0.05, 0) is 38.9 Å². The van der Waals surface area contributed by atoms with E-state index in [4.69, 9.17) is 5.73 Å². The average molecular weight is 228 g/mol. The van der Waals surface area contributed by atoms with Crippen LogP contribution < -0.4 is 11.1 Å². The molecule has 0 fully saturated rings. The van der Waals surface area contributed by atoms with Gasteiger partial charge in [-0.15, -0.1) is 0 Å². The number of nitrogens with one attached hydrogen (secondary N) is 1. The van der Waals surface area contributed by atoms with Crippen LogP contribution in [0.2, 0.25) is 0 Å². The van der Waals surface area contributed by atoms with E-state index in [1.54, 1.807) is 0 Å². The van der Waals surface area contributed by atoms with Crippen LogP contribution in [-0.4, -0.2) is 19.6 Å². The van der Waals surface area contributed by atoms with Crippen LogP contribution in [0.3, 0.4) is 0 Å². The van der Waals surface area contributed by atoms with Crippen molar-refractivity contribution in [2.75, 3.05) is 19.6 Å². The largest absolute Gasteiger partial charge is 0.330 e. The number of rotatable bonds is 13. The fourth-order valence-electron chi connectivity index (χ4n) is 1.90. The molecule has 0 rings (SSSR count). The molecule has 16 heavy (non-hydrogen) atoms. The van der Waals surface area contributed by atoms with Crippen molar-refractivity contribution in [3.05, 3.63) is 0 Å². The molecule has 0 aliphatic rings. The molecule has 0 atom stereocenters. The maximum Gasteiger partial charge on any atom is -0.00489 e. The molecular formula is C14H32N2. The summed E-state index contributed by atoms with van der Waals surface area (Å²) in [4.78, 5) is 0. The lowest BCUT2D eigenvalue weighted by molar-refractivity contribution is 0.548. The van der Waals surface area contributed by atoms with E-state index in [0.29, 0.717) is 0 Å². The molecule has 0 amide bonds. The van der Waals surface area contributed by atoms with Crippen LogP contribution in [0.5, 0.6) is 0 Å². The third kappa shape index (κ3) is 13.9. The van der Waals surface area contributed by atoms with Crippen molar-refractivity contribution in [2.45, 2.75) is 71.1 Å². The first kappa shape index (κ1) is 15.9. The monoisotopic (exact) mass is 228 g/mol. The number of nitrogens with two attached hydrogens (primary N) is 1. The maximum absolute atomic E-state index is 5.45. The predicted octanol–water partition coefficient (Wildman–Crippen LogP) is 3.46. The van der Waals surface area contributed by atoms with Gasteiger partial charge in [-0.25, -0.2) is 0 Å². The summed E-state index contributed by atoms with van der Waals surface area (Å²) in [5.41, 5.74) is 5.45. The molecule has 0 aliphatic carbocycles. The highest BCUT2D eigenvalue weighted by atomic mass is 14.8. The van der Waals surface area contributed by atoms with Crippen LogP contribution in [0.15, 0.2) is 0 Å². The Bertz CT molecular complexity index is 101. The molecule has 2 nitrogen and oxygen atoms in total. The zero-order chi connectivity index (χ0) is 11.9. The summed E-state index contributed by atoms with van der Waals surface area (Å²) in [5, 5.41) is 3.51. The van der Waals surface area contributed by atoms with Crippen molar-refractivity contribution >= 4 is 0 Å². The molecule has 3 N–H and O–H groups in total. The maximum atomic E-state index is 5.45. The van der Waals surface area contributed by atoms with Gasteiger partial charge < -0.3 is 11.1 Å². The molecule has 0 spiro atoms. The first-order chi connectivity index (χ1) is 7.91. The normalized spacial score (nSPS) is 10.9. The Morgan fingerprint density at radius 2 is 1.19 bits per heavy atom. The van der Waals surface area contributed by atoms with E-state index in [2.05, 4.69) is 12.2 Å². The van der Waals surface area contributed by atoms with E-state index >= 15 is 0 Å². The van der Waals surface area contributed by atoms with Crippen LogP contribution in [-0.2, 0) is 0 Å². The van der Waals surface area contributed by atoms with Crippen molar-refractivity contribution in [1.29, 1.82) is 0 Å². The van der Waals surface area contributed by atoms with E-state index in [1.165, 1.54) is 77.3 Å². The van der Waals surface area contributed by atoms with Gasteiger partial charge in [0.2, 0.25) is 0 Å². The van der Waals surface area contributed by atoms with Crippen LogP contribution in [0.4, 0.5) is 0 Å². The summed E-state index contributed by atoms with van der Waals surface area (Å²) in [5.74, 6) is 0. The van der Waals surface area contributed by atoms with E-state index < -0.39 is 0 Å². The fourth-order valence-corrected chi connectivity index (χ4v) is 1.90. The van der Waals surface area contributed by atoms with Crippen molar-refractivity contribution in [1.82, 2.24) is 5.32 Å². The molecule has 0 aliphatic heterocycles. The van der Waals surface area contributed by atoms with Gasteiger partial charge in [0.05, 0.1) is 0 Å². The van der Waals surface area contributed by atoms with E-state index in [-0.39, 0.29) is 0 Å². The van der Waals surface area contributed by atoms with Gasteiger partial charge in [0.25, 0.3) is 0 Å². The molecule has 0 saturated heterocycles. The molecule has 0 saturated carbocycles. The van der Waals surface area contributed by atoms with Crippen LogP contribution in [0, 0.1) is 0 Å². The second-order valence-electron chi connectivity index (χ2n) is 4.72. The minimum atomic E-state index is 0.863. The molecule has 0 aromatic carbocycles. The Hall–Kier alpha value is -0.0800. The molecule has 0 aromatic rings. The van der Waals surface area contributed by atoms with Crippen LogP contribution >= 0.6 is 0 Å². The van der Waals surface area contributed by atoms with Gasteiger partial charge in [0.1, 0.15) is 0 Å². The molecule has 98 valence electrons. The SMILES string of the molecule is CCCCCNCCCCCCCCCN. The van der Waals surface area contributed by atoms with Crippen LogP contribution in [0.1, 0.15) is 71.1 Å². The Morgan fingerprint density at radius 3 is 1.75 bits per heavy atom. The third-order valence-electron chi connectivity index (χ3n) is 3.01. The van der Waals surface area contributed by atoms with Crippen molar-refractivity contribution in [3.63, 3.8) is 0 Å². The second-order valence-corrected chi connectivity index (χ2v) is 4.72. The average Bonchev–Trinajstić information content (AvgIpc) is 2.31. The van der Waals surface area contributed by atoms with E-state index in [1.807, 2.05) is 0 Å². The first-order valence-corrected chi connectivity index (χ1v) is 7.32. The predicted molar refractivity (Wildman–Crippen MR) is 73.8 cm³/mol. The highest BCUT2D eigenvalue weighted by Crippen LogP contribution is 2.06. The van der Waals surface area contributed by atoms with Gasteiger partial charge in [0.15, 0.2) is 0 Å². The topological polar surface area (TPSA) is 38.0 Å². The third-order valence-corrected chi connectivity index (χ3v) is 3.01. The molecule has 0 bridgehead atoms. The highest BCUT2D eigenvalue weighted by molar-refractivity contribution is 4.51. The van der Waals surface area contributed by atoms with Gasteiger partial charge in [-0.1, -0.05) is 51.9 Å². The highest BCUT2D eigenvalue weighted by Gasteiger charge is 1.91. The van der Waals surface area contributed by atoms with Gasteiger partial charge >= 0.3 is 0 Å². The summed E-state index contributed by atoms with van der Waals surface area (Å²) < 4.78 is 0. The number of hydrogen-bond donors (Lipinski definition) is 2. The summed E-state index contributed by atoms with van der Waals surface area (Å²) in [6, 6.07) is 0. The summed E-state index contributed by atoms with van der Waals surface area (Å²) in [7, 11) is 0. The zero-order valence-electron chi connectivity index (χ0n) is 11.3. The summed E-state index contributed by atoms with van der Waals surface area (Å²) >= 11 is 0. The summed E-state index contributed by atoms with van der Waals surface area (Å²) in [6.45, 7) is 5.54. The molecule has 0 heterocycles. The van der Waals surface area contributed by atoms with Gasteiger partial charge in [0, 0.05) is 0 Å². The summed E-state index contributed by atoms with van der Waals surface area (Å²) in [6.07, 6.45) is 13.5. The van der Waals surface area contributed by atoms with Gasteiger partial charge in [-0.2, -0.15) is 0 Å². The Labute approximate surface area is 102 Å². The fraction of sp³-hybridized carbons (Fsp3) is 1.00. The van der Waals surface area contributed by atoms with Crippen molar-refractivity contribution < 1.29 is 0 Å².